The van der Waals surface area contributed by atoms with Gasteiger partial charge in [0.1, 0.15) is 17.4 Å². The molecule has 0 spiro atoms. The number of carboxylic acid groups (broad SMARTS) is 1. The van der Waals surface area contributed by atoms with E-state index < -0.39 is 18.5 Å². The van der Waals surface area contributed by atoms with Crippen molar-refractivity contribution in [3.05, 3.63) is 65.2 Å². The summed E-state index contributed by atoms with van der Waals surface area (Å²) in [5.74, 6) is 1.04. The molecule has 1 aliphatic carbocycles. The number of benzene rings is 2. The van der Waals surface area contributed by atoms with E-state index in [4.69, 9.17) is 14.8 Å². The first-order chi connectivity index (χ1) is 15.9. The lowest BCUT2D eigenvalue weighted by atomic mass is 9.97. The molecule has 0 saturated heterocycles. The number of hydrogen-bond acceptors (Lipinski definition) is 3. The molecule has 170 valence electrons. The van der Waals surface area contributed by atoms with Crippen molar-refractivity contribution in [1.29, 1.82) is 0 Å². The van der Waals surface area contributed by atoms with Crippen LogP contribution in [0.3, 0.4) is 0 Å². The topological polar surface area (TPSA) is 67.6 Å². The number of halogens is 3. The van der Waals surface area contributed by atoms with Crippen LogP contribution < -0.4 is 4.74 Å². The zero-order valence-electron chi connectivity index (χ0n) is 17.4. The minimum absolute atomic E-state index is 0.143. The first-order valence-corrected chi connectivity index (χ1v) is 10.8. The number of carbonyl (C=O) groups is 1. The van der Waals surface area contributed by atoms with Gasteiger partial charge in [-0.05, 0) is 36.5 Å². The molecular weight excluding hydrogens is 435 g/mol. The molecule has 1 saturated carbocycles. The Kier molecular flexibility index (Phi) is 4.43. The monoisotopic (exact) mass is 455 g/mol. The van der Waals surface area contributed by atoms with Crippen molar-refractivity contribution in [3.8, 4) is 5.75 Å². The van der Waals surface area contributed by atoms with Gasteiger partial charge >= 0.3 is 12.7 Å². The lowest BCUT2D eigenvalue weighted by molar-refractivity contribution is -0.0507. The lowest BCUT2D eigenvalue weighted by Gasteiger charge is -2.24. The Morgan fingerprint density at radius 2 is 2.06 bits per heavy atom. The third-order valence-corrected chi connectivity index (χ3v) is 6.94. The van der Waals surface area contributed by atoms with Gasteiger partial charge in [0, 0.05) is 36.2 Å². The quantitative estimate of drug-likeness (QED) is 0.584. The minimum atomic E-state index is -2.93. The van der Waals surface area contributed by atoms with E-state index in [0.717, 1.165) is 23.3 Å². The molecule has 6 rings (SSSR count). The molecule has 6 nitrogen and oxygen atoms in total. The highest BCUT2D eigenvalue weighted by molar-refractivity contribution is 5.84. The summed E-state index contributed by atoms with van der Waals surface area (Å²) >= 11 is 0. The second-order valence-electron chi connectivity index (χ2n) is 8.74. The number of fused-ring (bicyclic) bond motifs is 5. The van der Waals surface area contributed by atoms with Crippen LogP contribution in [-0.4, -0.2) is 45.4 Å². The number of para-hydroxylation sites is 1. The van der Waals surface area contributed by atoms with Gasteiger partial charge in [-0.15, -0.1) is 0 Å². The van der Waals surface area contributed by atoms with Crippen LogP contribution in [0.2, 0.25) is 0 Å². The average molecular weight is 455 g/mol. The van der Waals surface area contributed by atoms with Gasteiger partial charge in [0.15, 0.2) is 0 Å². The number of nitrogens with zero attached hydrogens (tertiary/aromatic N) is 3. The SMILES string of the molecule is O=C(O)N1CC=C(c2cc3c(cc2F)nc2n3[C@@H](c3ccccc3OC(F)F)[C@H]3C[C@@H]23)CC1. The molecule has 3 heterocycles. The van der Waals surface area contributed by atoms with E-state index >= 15 is 4.39 Å². The summed E-state index contributed by atoms with van der Waals surface area (Å²) in [5, 5.41) is 9.17. The van der Waals surface area contributed by atoms with Crippen LogP contribution in [0.15, 0.2) is 42.5 Å². The highest BCUT2D eigenvalue weighted by Crippen LogP contribution is 2.63. The normalized spacial score (nSPS) is 23.5. The Hall–Kier alpha value is -3.49. The molecule has 9 heteroatoms. The fourth-order valence-electron chi connectivity index (χ4n) is 5.37. The first-order valence-electron chi connectivity index (χ1n) is 10.8. The van der Waals surface area contributed by atoms with E-state index in [9.17, 15) is 13.6 Å². The number of ether oxygens (including phenoxy) is 1. The zero-order valence-corrected chi connectivity index (χ0v) is 17.4. The molecule has 3 aliphatic rings. The lowest BCUT2D eigenvalue weighted by Crippen LogP contribution is -2.33. The van der Waals surface area contributed by atoms with Crippen LogP contribution in [0.1, 0.15) is 41.8 Å². The summed E-state index contributed by atoms with van der Waals surface area (Å²) < 4.78 is 48.0. The van der Waals surface area contributed by atoms with Gasteiger partial charge < -0.3 is 19.3 Å². The standard InChI is InChI=1S/C24H20F3N3O3/c25-17-11-18-19(10-14(17)12-5-7-29(8-6-12)24(31)32)30-21(15-9-16(15)22(30)28-18)13-3-1-2-4-20(13)33-23(26)27/h1-5,10-11,15-16,21,23H,6-9H2,(H,31,32)/t15-,16+,21-/m0/s1. The number of amides is 1. The predicted molar refractivity (Wildman–Crippen MR) is 114 cm³/mol. The summed E-state index contributed by atoms with van der Waals surface area (Å²) in [4.78, 5) is 17.2. The minimum Gasteiger partial charge on any atom is -0.465 e. The average Bonchev–Trinajstić information content (AvgIpc) is 3.39. The Balaban J connectivity index is 1.45. The maximum absolute atomic E-state index is 15.0. The van der Waals surface area contributed by atoms with Crippen LogP contribution >= 0.6 is 0 Å². The van der Waals surface area contributed by atoms with Crippen LogP contribution in [0.5, 0.6) is 5.75 Å². The zero-order chi connectivity index (χ0) is 22.9. The van der Waals surface area contributed by atoms with Crippen molar-refractivity contribution in [2.24, 2.45) is 5.92 Å². The van der Waals surface area contributed by atoms with Gasteiger partial charge in [-0.1, -0.05) is 24.3 Å². The fraction of sp³-hybridized carbons (Fsp3) is 0.333. The van der Waals surface area contributed by atoms with Crippen LogP contribution in [0.4, 0.5) is 18.0 Å². The summed E-state index contributed by atoms with van der Waals surface area (Å²) in [6, 6.07) is 9.76. The number of rotatable bonds is 4. The van der Waals surface area contributed by atoms with E-state index in [-0.39, 0.29) is 30.2 Å². The summed E-state index contributed by atoms with van der Waals surface area (Å²) in [6.45, 7) is -2.42. The van der Waals surface area contributed by atoms with Gasteiger partial charge in [0.05, 0.1) is 17.1 Å². The highest BCUT2D eigenvalue weighted by Gasteiger charge is 2.55. The van der Waals surface area contributed by atoms with Gasteiger partial charge in [-0.2, -0.15) is 8.78 Å². The molecule has 3 aromatic rings. The molecule has 0 radical (unpaired) electrons. The first kappa shape index (κ1) is 20.1. The van der Waals surface area contributed by atoms with Gasteiger partial charge in [0.25, 0.3) is 0 Å². The predicted octanol–water partition coefficient (Wildman–Crippen LogP) is 5.25. The Morgan fingerprint density at radius 3 is 2.79 bits per heavy atom. The smallest absolute Gasteiger partial charge is 0.407 e. The van der Waals surface area contributed by atoms with Crippen molar-refractivity contribution in [2.75, 3.05) is 13.1 Å². The summed E-state index contributed by atoms with van der Waals surface area (Å²) in [6.07, 6.45) is 2.06. The van der Waals surface area contributed by atoms with E-state index in [1.54, 1.807) is 36.4 Å². The van der Waals surface area contributed by atoms with Crippen molar-refractivity contribution >= 4 is 22.7 Å². The van der Waals surface area contributed by atoms with E-state index in [1.165, 1.54) is 11.0 Å². The van der Waals surface area contributed by atoms with Crippen LogP contribution in [0.25, 0.3) is 16.6 Å². The van der Waals surface area contributed by atoms with Crippen molar-refractivity contribution in [1.82, 2.24) is 14.5 Å². The van der Waals surface area contributed by atoms with E-state index in [1.807, 2.05) is 4.57 Å². The van der Waals surface area contributed by atoms with Crippen molar-refractivity contribution in [3.63, 3.8) is 0 Å². The van der Waals surface area contributed by atoms with Crippen molar-refractivity contribution in [2.45, 2.75) is 31.4 Å². The molecule has 33 heavy (non-hydrogen) atoms. The maximum atomic E-state index is 15.0. The Bertz CT molecular complexity index is 1320. The molecule has 1 aromatic heterocycles. The van der Waals surface area contributed by atoms with Gasteiger partial charge in [0.2, 0.25) is 0 Å². The van der Waals surface area contributed by atoms with Crippen molar-refractivity contribution < 1.29 is 27.8 Å². The molecule has 0 unspecified atom stereocenters. The molecule has 3 atom stereocenters. The summed E-state index contributed by atoms with van der Waals surface area (Å²) in [5.41, 5.74) is 3.11. The van der Waals surface area contributed by atoms with Gasteiger partial charge in [-0.3, -0.25) is 0 Å². The molecular formula is C24H20F3N3O3. The molecule has 1 N–H and O–H groups in total. The summed E-state index contributed by atoms with van der Waals surface area (Å²) in [7, 11) is 0. The number of aromatic nitrogens is 2. The molecule has 2 aromatic carbocycles. The third kappa shape index (κ3) is 3.17. The molecule has 1 fully saturated rings. The van der Waals surface area contributed by atoms with E-state index in [2.05, 4.69) is 0 Å². The number of hydrogen-bond donors (Lipinski definition) is 1. The Labute approximate surface area is 186 Å². The maximum Gasteiger partial charge on any atom is 0.407 e. The van der Waals surface area contributed by atoms with Crippen LogP contribution in [-0.2, 0) is 0 Å². The number of alkyl halides is 2. The van der Waals surface area contributed by atoms with Crippen LogP contribution in [0, 0.1) is 11.7 Å². The van der Waals surface area contributed by atoms with Gasteiger partial charge in [-0.25, -0.2) is 14.2 Å². The molecule has 1 amide bonds. The second-order valence-corrected chi connectivity index (χ2v) is 8.74. The molecule has 2 aliphatic heterocycles. The third-order valence-electron chi connectivity index (χ3n) is 6.94. The largest absolute Gasteiger partial charge is 0.465 e. The second kappa shape index (κ2) is 7.26. The molecule has 0 bridgehead atoms. The number of imidazole rings is 1. The Morgan fingerprint density at radius 1 is 1.24 bits per heavy atom. The van der Waals surface area contributed by atoms with E-state index in [0.29, 0.717) is 29.6 Å². The fourth-order valence-corrected chi connectivity index (χ4v) is 5.37. The highest BCUT2D eigenvalue weighted by atomic mass is 19.3.